The van der Waals surface area contributed by atoms with Crippen LogP contribution in [0.4, 0.5) is 4.39 Å². The summed E-state index contributed by atoms with van der Waals surface area (Å²) in [5.41, 5.74) is 5.70. The van der Waals surface area contributed by atoms with Crippen molar-refractivity contribution in [1.82, 2.24) is 4.31 Å². The van der Waals surface area contributed by atoms with Gasteiger partial charge in [-0.25, -0.2) is 12.8 Å². The Hall–Kier alpha value is -0.690. The molecule has 2 atom stereocenters. The van der Waals surface area contributed by atoms with Gasteiger partial charge in [0, 0.05) is 13.1 Å². The maximum atomic E-state index is 13.1. The Morgan fingerprint density at radius 3 is 2.75 bits per heavy atom. The largest absolute Gasteiger partial charge is 0.330 e. The van der Waals surface area contributed by atoms with Crippen LogP contribution in [0.3, 0.4) is 0 Å². The zero-order valence-electron chi connectivity index (χ0n) is 11.2. The minimum absolute atomic E-state index is 0.00840. The third-order valence-corrected chi connectivity index (χ3v) is 6.13. The summed E-state index contributed by atoms with van der Waals surface area (Å²) in [7, 11) is -2.13. The molecule has 2 unspecified atom stereocenters. The van der Waals surface area contributed by atoms with Gasteiger partial charge in [0.25, 0.3) is 0 Å². The molecule has 1 aromatic carbocycles. The summed E-state index contributed by atoms with van der Waals surface area (Å²) < 4.78 is 39.6. The van der Waals surface area contributed by atoms with Gasteiger partial charge in [0.15, 0.2) is 0 Å². The molecule has 1 aromatic rings. The van der Waals surface area contributed by atoms with Crippen LogP contribution < -0.4 is 5.73 Å². The predicted molar refractivity (Wildman–Crippen MR) is 76.5 cm³/mol. The fraction of sp³-hybridized carbons (Fsp3) is 0.538. The first-order valence-corrected chi connectivity index (χ1v) is 8.33. The molecule has 0 radical (unpaired) electrons. The van der Waals surface area contributed by atoms with Gasteiger partial charge in [-0.1, -0.05) is 18.0 Å². The van der Waals surface area contributed by atoms with Crippen molar-refractivity contribution in [2.45, 2.75) is 30.2 Å². The molecule has 0 aliphatic heterocycles. The zero-order chi connectivity index (χ0) is 14.9. The number of rotatable bonds is 4. The Morgan fingerprint density at radius 1 is 1.45 bits per heavy atom. The second-order valence-electron chi connectivity index (χ2n) is 5.09. The summed E-state index contributed by atoms with van der Waals surface area (Å²) in [6, 6.07) is 3.35. The van der Waals surface area contributed by atoms with Gasteiger partial charge in [0.2, 0.25) is 10.0 Å². The van der Waals surface area contributed by atoms with Crippen molar-refractivity contribution in [3.8, 4) is 0 Å². The fourth-order valence-corrected chi connectivity index (χ4v) is 4.47. The maximum Gasteiger partial charge on any atom is 0.243 e. The number of benzene rings is 1. The van der Waals surface area contributed by atoms with Crippen LogP contribution in [0.1, 0.15) is 19.3 Å². The van der Waals surface area contributed by atoms with Gasteiger partial charge in [-0.15, -0.1) is 0 Å². The van der Waals surface area contributed by atoms with Gasteiger partial charge < -0.3 is 5.73 Å². The van der Waals surface area contributed by atoms with Crippen molar-refractivity contribution in [3.63, 3.8) is 0 Å². The molecule has 7 heteroatoms. The molecule has 4 nitrogen and oxygen atoms in total. The van der Waals surface area contributed by atoms with Crippen LogP contribution in [-0.2, 0) is 10.0 Å². The first-order valence-electron chi connectivity index (χ1n) is 6.51. The number of hydrogen-bond acceptors (Lipinski definition) is 3. The van der Waals surface area contributed by atoms with E-state index in [-0.39, 0.29) is 21.9 Å². The SMILES string of the molecule is CN(C1CCCC1CN)S(=O)(=O)c1ccc(F)c(Cl)c1. The van der Waals surface area contributed by atoms with Gasteiger partial charge in [-0.3, -0.25) is 0 Å². The number of nitrogens with two attached hydrogens (primary N) is 1. The molecule has 20 heavy (non-hydrogen) atoms. The third kappa shape index (κ3) is 2.83. The van der Waals surface area contributed by atoms with E-state index in [9.17, 15) is 12.8 Å². The summed E-state index contributed by atoms with van der Waals surface area (Å²) in [6.45, 7) is 0.467. The molecule has 1 aliphatic carbocycles. The van der Waals surface area contributed by atoms with Crippen molar-refractivity contribution in [3.05, 3.63) is 29.0 Å². The topological polar surface area (TPSA) is 63.4 Å². The molecular formula is C13H18ClFN2O2S. The van der Waals surface area contributed by atoms with Crippen molar-refractivity contribution >= 4 is 21.6 Å². The standard InChI is InChI=1S/C13H18ClFN2O2S/c1-17(13-4-2-3-9(13)8-16)20(18,19)10-5-6-12(15)11(14)7-10/h5-7,9,13H,2-4,8,16H2,1H3. The average Bonchev–Trinajstić information content (AvgIpc) is 2.88. The van der Waals surface area contributed by atoms with Gasteiger partial charge in [-0.2, -0.15) is 4.31 Å². The van der Waals surface area contributed by atoms with Crippen LogP contribution in [0.15, 0.2) is 23.1 Å². The van der Waals surface area contributed by atoms with Crippen LogP contribution in [0, 0.1) is 11.7 Å². The first-order chi connectivity index (χ1) is 9.37. The summed E-state index contributed by atoms with van der Waals surface area (Å²) >= 11 is 5.66. The van der Waals surface area contributed by atoms with Crippen molar-refractivity contribution in [1.29, 1.82) is 0 Å². The van der Waals surface area contributed by atoms with Crippen LogP contribution in [0.5, 0.6) is 0 Å². The molecule has 2 rings (SSSR count). The lowest BCUT2D eigenvalue weighted by Gasteiger charge is -2.28. The van der Waals surface area contributed by atoms with Crippen molar-refractivity contribution in [2.75, 3.05) is 13.6 Å². The fourth-order valence-electron chi connectivity index (χ4n) is 2.75. The van der Waals surface area contributed by atoms with Gasteiger partial charge >= 0.3 is 0 Å². The lowest BCUT2D eigenvalue weighted by Crippen LogP contribution is -2.41. The van der Waals surface area contributed by atoms with E-state index in [2.05, 4.69) is 0 Å². The monoisotopic (exact) mass is 320 g/mol. The molecule has 0 amide bonds. The Morgan fingerprint density at radius 2 is 2.15 bits per heavy atom. The lowest BCUT2D eigenvalue weighted by atomic mass is 10.0. The Labute approximate surface area is 123 Å². The summed E-state index contributed by atoms with van der Waals surface area (Å²) in [5.74, 6) is -0.459. The molecule has 112 valence electrons. The Bertz CT molecular complexity index is 594. The molecule has 0 aromatic heterocycles. The Balaban J connectivity index is 2.31. The van der Waals surface area contributed by atoms with Crippen molar-refractivity contribution in [2.24, 2.45) is 11.7 Å². The van der Waals surface area contributed by atoms with E-state index in [1.54, 1.807) is 7.05 Å². The van der Waals surface area contributed by atoms with Gasteiger partial charge in [0.1, 0.15) is 5.82 Å². The quantitative estimate of drug-likeness (QED) is 0.925. The number of halogens is 2. The molecular weight excluding hydrogens is 303 g/mol. The minimum atomic E-state index is -3.68. The van der Waals surface area contributed by atoms with E-state index < -0.39 is 15.8 Å². The molecule has 0 heterocycles. The van der Waals surface area contributed by atoms with Crippen LogP contribution in [0.2, 0.25) is 5.02 Å². The molecule has 0 saturated heterocycles. The molecule has 0 bridgehead atoms. The maximum absolute atomic E-state index is 13.1. The lowest BCUT2D eigenvalue weighted by molar-refractivity contribution is 0.304. The highest BCUT2D eigenvalue weighted by molar-refractivity contribution is 7.89. The third-order valence-electron chi connectivity index (χ3n) is 3.96. The van der Waals surface area contributed by atoms with Crippen molar-refractivity contribution < 1.29 is 12.8 Å². The van der Waals surface area contributed by atoms with E-state index in [4.69, 9.17) is 17.3 Å². The minimum Gasteiger partial charge on any atom is -0.330 e. The van der Waals surface area contributed by atoms with Gasteiger partial charge in [0.05, 0.1) is 9.92 Å². The summed E-state index contributed by atoms with van der Waals surface area (Å²) in [4.78, 5) is 0.00840. The second-order valence-corrected chi connectivity index (χ2v) is 7.50. The highest BCUT2D eigenvalue weighted by atomic mass is 35.5. The number of hydrogen-bond donors (Lipinski definition) is 1. The highest BCUT2D eigenvalue weighted by Crippen LogP contribution is 2.32. The highest BCUT2D eigenvalue weighted by Gasteiger charge is 2.36. The second kappa shape index (κ2) is 5.97. The first kappa shape index (κ1) is 15.7. The number of sulfonamides is 1. The number of nitrogens with zero attached hydrogens (tertiary/aromatic N) is 1. The van der Waals surface area contributed by atoms with Crippen LogP contribution >= 0.6 is 11.6 Å². The average molecular weight is 321 g/mol. The predicted octanol–water partition coefficient (Wildman–Crippen LogP) is 2.23. The zero-order valence-corrected chi connectivity index (χ0v) is 12.8. The summed E-state index contributed by atoms with van der Waals surface area (Å²) in [6.07, 6.45) is 2.70. The van der Waals surface area contributed by atoms with E-state index >= 15 is 0 Å². The van der Waals surface area contributed by atoms with Gasteiger partial charge in [-0.05, 0) is 43.5 Å². The van der Waals surface area contributed by atoms with E-state index in [1.807, 2.05) is 0 Å². The molecule has 2 N–H and O–H groups in total. The Kier molecular flexibility index (Phi) is 4.69. The van der Waals surface area contributed by atoms with Crippen LogP contribution in [-0.4, -0.2) is 32.4 Å². The summed E-state index contributed by atoms with van der Waals surface area (Å²) in [5, 5.41) is -0.193. The molecule has 0 spiro atoms. The van der Waals surface area contributed by atoms with E-state index in [0.717, 1.165) is 31.4 Å². The molecule has 1 fully saturated rings. The molecule has 1 aliphatic rings. The molecule has 1 saturated carbocycles. The van der Waals surface area contributed by atoms with E-state index in [1.165, 1.54) is 10.4 Å². The van der Waals surface area contributed by atoms with E-state index in [0.29, 0.717) is 6.54 Å². The smallest absolute Gasteiger partial charge is 0.243 e. The van der Waals surface area contributed by atoms with Crippen LogP contribution in [0.25, 0.3) is 0 Å². The normalized spacial score (nSPS) is 23.4.